The third kappa shape index (κ3) is 4.70. The van der Waals surface area contributed by atoms with E-state index in [1.807, 2.05) is 0 Å². The van der Waals surface area contributed by atoms with Crippen molar-refractivity contribution >= 4 is 18.9 Å². The van der Waals surface area contributed by atoms with E-state index in [2.05, 4.69) is 20.8 Å². The molecule has 1 unspecified atom stereocenters. The second-order valence-corrected chi connectivity index (χ2v) is 14.8. The van der Waals surface area contributed by atoms with E-state index < -0.39 is 17.4 Å². The summed E-state index contributed by atoms with van der Waals surface area (Å²) in [7, 11) is -0.162. The summed E-state index contributed by atoms with van der Waals surface area (Å²) >= 11 is 0. The summed E-state index contributed by atoms with van der Waals surface area (Å²) in [4.78, 5) is 25.4. The van der Waals surface area contributed by atoms with Gasteiger partial charge < -0.3 is 20.1 Å². The standard InChI is InChI=1S/C31H52BNO5/c1-21(33)24(34)11-10-22-12-16-30(13-7-5-6-8-15-31(30,20-22)27(35)36)14-9-17-32-37-26-19-23-18-25(28(23,2)3)29(26,4)38-32/h21-23,25-26H,5-20,33H2,1-4H3,(H,35,36)/t21-,22?,23-,25-,26+,29-,30-,31-/m0/s1. The molecule has 6 nitrogen and oxygen atoms in total. The molecule has 5 saturated carbocycles. The topological polar surface area (TPSA) is 98.9 Å². The molecule has 1 aliphatic heterocycles. The van der Waals surface area contributed by atoms with Gasteiger partial charge in [0.05, 0.1) is 23.2 Å². The fourth-order valence-corrected chi connectivity index (χ4v) is 9.92. The molecule has 7 heteroatoms. The van der Waals surface area contributed by atoms with Crippen LogP contribution in [0.4, 0.5) is 0 Å². The van der Waals surface area contributed by atoms with Crippen LogP contribution in [0, 0.1) is 34.0 Å². The number of carboxylic acids is 1. The zero-order chi connectivity index (χ0) is 27.3. The molecule has 3 N–H and O–H groups in total. The Labute approximate surface area is 230 Å². The van der Waals surface area contributed by atoms with E-state index in [4.69, 9.17) is 15.0 Å². The number of hydrogen-bond acceptors (Lipinski definition) is 5. The van der Waals surface area contributed by atoms with Crippen molar-refractivity contribution in [3.8, 4) is 0 Å². The number of aliphatic carboxylic acids is 1. The highest BCUT2D eigenvalue weighted by atomic mass is 16.7. The van der Waals surface area contributed by atoms with Crippen molar-refractivity contribution in [2.45, 2.75) is 148 Å². The lowest BCUT2D eigenvalue weighted by molar-refractivity contribution is -0.199. The zero-order valence-electron chi connectivity index (χ0n) is 24.4. The van der Waals surface area contributed by atoms with Crippen LogP contribution in [0.3, 0.4) is 0 Å². The zero-order valence-corrected chi connectivity index (χ0v) is 24.4. The number of carboxylic acid groups (broad SMARTS) is 1. The lowest BCUT2D eigenvalue weighted by Crippen LogP contribution is -2.65. The van der Waals surface area contributed by atoms with E-state index >= 15 is 0 Å². The van der Waals surface area contributed by atoms with Gasteiger partial charge in [-0.25, -0.2) is 0 Å². The molecule has 0 aromatic carbocycles. The first-order valence-electron chi connectivity index (χ1n) is 15.8. The van der Waals surface area contributed by atoms with Crippen LogP contribution < -0.4 is 5.73 Å². The van der Waals surface area contributed by atoms with Crippen molar-refractivity contribution in [2.75, 3.05) is 0 Å². The minimum atomic E-state index is -0.684. The van der Waals surface area contributed by atoms with Crippen LogP contribution in [0.5, 0.6) is 0 Å². The lowest BCUT2D eigenvalue weighted by atomic mass is 9.43. The first kappa shape index (κ1) is 28.6. The Morgan fingerprint density at radius 3 is 2.50 bits per heavy atom. The molecule has 6 rings (SSSR count). The molecule has 6 fully saturated rings. The second-order valence-electron chi connectivity index (χ2n) is 14.8. The van der Waals surface area contributed by atoms with Gasteiger partial charge in [0.15, 0.2) is 0 Å². The van der Waals surface area contributed by atoms with Gasteiger partial charge >= 0.3 is 13.1 Å². The fourth-order valence-electron chi connectivity index (χ4n) is 9.92. The third-order valence-corrected chi connectivity index (χ3v) is 12.5. The fraction of sp³-hybridized carbons (Fsp3) is 0.935. The van der Waals surface area contributed by atoms with Gasteiger partial charge in [0.1, 0.15) is 5.78 Å². The van der Waals surface area contributed by atoms with Gasteiger partial charge in [-0.05, 0) is 107 Å². The summed E-state index contributed by atoms with van der Waals surface area (Å²) in [6.45, 7) is 8.82. The molecule has 0 aromatic rings. The molecule has 0 radical (unpaired) electrons. The molecule has 214 valence electrons. The minimum absolute atomic E-state index is 0.0932. The van der Waals surface area contributed by atoms with Gasteiger partial charge in [0, 0.05) is 6.42 Å². The highest BCUT2D eigenvalue weighted by molar-refractivity contribution is 6.45. The summed E-state index contributed by atoms with van der Waals surface area (Å²) < 4.78 is 13.2. The van der Waals surface area contributed by atoms with Gasteiger partial charge in [-0.3, -0.25) is 9.59 Å². The van der Waals surface area contributed by atoms with Crippen molar-refractivity contribution < 1.29 is 24.0 Å². The number of carbonyl (C=O) groups is 2. The SMILES string of the molecule is C[C@H](N)C(=O)CCC1CC[C@@]2(CCCB3O[C@@H]4C[C@@H]5C[C@@H](C5(C)C)[C@]4(C)O3)CCCCCC[C@@]2(C(=O)O)C1. The highest BCUT2D eigenvalue weighted by Crippen LogP contribution is 2.66. The second kappa shape index (κ2) is 10.5. The van der Waals surface area contributed by atoms with Crippen LogP contribution in [0.15, 0.2) is 0 Å². The maximum atomic E-state index is 13.2. The monoisotopic (exact) mass is 529 g/mol. The maximum Gasteiger partial charge on any atom is 0.457 e. The van der Waals surface area contributed by atoms with E-state index in [9.17, 15) is 14.7 Å². The normalized spacial score (nSPS) is 42.7. The van der Waals surface area contributed by atoms with Crippen molar-refractivity contribution in [3.63, 3.8) is 0 Å². The van der Waals surface area contributed by atoms with Crippen LogP contribution in [0.1, 0.15) is 124 Å². The summed E-state index contributed by atoms with van der Waals surface area (Å²) in [5.41, 5.74) is 5.12. The Morgan fingerprint density at radius 2 is 1.82 bits per heavy atom. The van der Waals surface area contributed by atoms with Gasteiger partial charge in [-0.15, -0.1) is 0 Å². The molecule has 38 heavy (non-hydrogen) atoms. The van der Waals surface area contributed by atoms with E-state index in [1.54, 1.807) is 6.92 Å². The molecule has 1 heterocycles. The summed E-state index contributed by atoms with van der Waals surface area (Å²) in [5, 5.41) is 10.8. The molecule has 2 bridgehead atoms. The Hall–Kier alpha value is -0.915. The lowest BCUT2D eigenvalue weighted by Gasteiger charge is -2.64. The molecule has 6 aliphatic rings. The summed E-state index contributed by atoms with van der Waals surface area (Å²) in [6, 6.07) is -0.435. The quantitative estimate of drug-likeness (QED) is 0.335. The van der Waals surface area contributed by atoms with E-state index in [-0.39, 0.29) is 30.0 Å². The highest BCUT2D eigenvalue weighted by Gasteiger charge is 2.67. The first-order valence-corrected chi connectivity index (χ1v) is 15.8. The van der Waals surface area contributed by atoms with Gasteiger partial charge in [-0.1, -0.05) is 46.0 Å². The predicted molar refractivity (Wildman–Crippen MR) is 150 cm³/mol. The van der Waals surface area contributed by atoms with Gasteiger partial charge in [0.2, 0.25) is 0 Å². The summed E-state index contributed by atoms with van der Waals surface area (Å²) in [5.74, 6) is 1.10. The van der Waals surface area contributed by atoms with Crippen LogP contribution in [0.25, 0.3) is 0 Å². The summed E-state index contributed by atoms with van der Waals surface area (Å²) in [6.07, 6.45) is 15.5. The third-order valence-electron chi connectivity index (χ3n) is 12.5. The predicted octanol–water partition coefficient (Wildman–Crippen LogP) is 6.40. The van der Waals surface area contributed by atoms with Crippen LogP contribution >= 0.6 is 0 Å². The maximum absolute atomic E-state index is 13.2. The molecule has 8 atom stereocenters. The number of Topliss-reactive ketones (excluding diaryl/α,β-unsaturated/α-hetero) is 1. The Bertz CT molecular complexity index is 909. The average Bonchev–Trinajstić information content (AvgIpc) is 3.19. The number of carbonyl (C=O) groups excluding carboxylic acids is 1. The van der Waals surface area contributed by atoms with E-state index in [1.165, 1.54) is 12.8 Å². The van der Waals surface area contributed by atoms with Gasteiger partial charge in [-0.2, -0.15) is 0 Å². The molecule has 0 spiro atoms. The van der Waals surface area contributed by atoms with Crippen LogP contribution in [-0.2, 0) is 18.9 Å². The van der Waals surface area contributed by atoms with Crippen LogP contribution in [-0.4, -0.2) is 41.7 Å². The molecule has 1 saturated heterocycles. The van der Waals surface area contributed by atoms with Crippen LogP contribution in [0.2, 0.25) is 6.32 Å². The molecular formula is C31H52BNO5. The van der Waals surface area contributed by atoms with Crippen molar-refractivity contribution in [2.24, 2.45) is 39.7 Å². The molecule has 5 aliphatic carbocycles. The number of fused-ring (bicyclic) bond motifs is 1. The molecular weight excluding hydrogens is 477 g/mol. The Morgan fingerprint density at radius 1 is 1.08 bits per heavy atom. The van der Waals surface area contributed by atoms with Gasteiger partial charge in [0.25, 0.3) is 0 Å². The van der Waals surface area contributed by atoms with E-state index in [0.29, 0.717) is 30.1 Å². The number of hydrogen-bond donors (Lipinski definition) is 2. The molecule has 0 amide bonds. The minimum Gasteiger partial charge on any atom is -0.481 e. The van der Waals surface area contributed by atoms with Crippen molar-refractivity contribution in [1.29, 1.82) is 0 Å². The number of ketones is 1. The number of rotatable bonds is 9. The molecule has 0 aromatic heterocycles. The van der Waals surface area contributed by atoms with E-state index in [0.717, 1.165) is 82.9 Å². The Balaban J connectivity index is 1.26. The van der Waals surface area contributed by atoms with Crippen molar-refractivity contribution in [1.82, 2.24) is 0 Å². The first-order chi connectivity index (χ1) is 17.9. The largest absolute Gasteiger partial charge is 0.481 e. The Kier molecular flexibility index (Phi) is 7.89. The smallest absolute Gasteiger partial charge is 0.457 e. The van der Waals surface area contributed by atoms with Crippen molar-refractivity contribution in [3.05, 3.63) is 0 Å². The number of nitrogens with two attached hydrogens (primary N) is 1. The average molecular weight is 530 g/mol.